The van der Waals surface area contributed by atoms with E-state index in [2.05, 4.69) is 5.32 Å². The molecule has 0 aliphatic heterocycles. The molecule has 0 fully saturated rings. The summed E-state index contributed by atoms with van der Waals surface area (Å²) in [6, 6.07) is 5.28. The van der Waals surface area contributed by atoms with Gasteiger partial charge in [-0.1, -0.05) is 23.2 Å². The molecule has 0 atom stereocenters. The van der Waals surface area contributed by atoms with E-state index in [1.54, 1.807) is 0 Å². The molecule has 2 aromatic carbocycles. The van der Waals surface area contributed by atoms with E-state index in [0.29, 0.717) is 12.1 Å². The summed E-state index contributed by atoms with van der Waals surface area (Å²) in [4.78, 5) is 21.5. The maximum Gasteiger partial charge on any atom is 0.305 e. The normalized spacial score (nSPS) is 10.4. The number of nitrogens with one attached hydrogen (secondary N) is 1. The topological polar surface area (TPSA) is 72.2 Å². The summed E-state index contributed by atoms with van der Waals surface area (Å²) in [5.74, 6) is -3.98. The van der Waals surface area contributed by atoms with Crippen molar-refractivity contribution in [3.8, 4) is 0 Å². The fourth-order valence-corrected chi connectivity index (χ4v) is 2.24. The fourth-order valence-electron chi connectivity index (χ4n) is 1.71. The van der Waals surface area contributed by atoms with Crippen molar-refractivity contribution >= 4 is 40.5 Å². The lowest BCUT2D eigenvalue weighted by Gasteiger charge is -2.08. The third kappa shape index (κ3) is 3.32. The second-order valence-corrected chi connectivity index (χ2v) is 5.00. The summed E-state index contributed by atoms with van der Waals surface area (Å²) in [6.45, 7) is 0. The Kier molecular flexibility index (Phi) is 4.58. The number of carbonyl (C=O) groups is 1. The highest BCUT2D eigenvalue weighted by molar-refractivity contribution is 6.35. The van der Waals surface area contributed by atoms with Gasteiger partial charge in [0.15, 0.2) is 0 Å². The predicted molar refractivity (Wildman–Crippen MR) is 77.4 cm³/mol. The first kappa shape index (κ1) is 16.1. The Morgan fingerprint density at radius 1 is 1.14 bits per heavy atom. The third-order valence-corrected chi connectivity index (χ3v) is 3.05. The van der Waals surface area contributed by atoms with Crippen LogP contribution in [-0.2, 0) is 0 Å². The Balaban J connectivity index is 2.41. The fraction of sp³-hybridized carbons (Fsp3) is 0. The van der Waals surface area contributed by atoms with Crippen molar-refractivity contribution in [2.24, 2.45) is 0 Å². The molecule has 0 aliphatic carbocycles. The van der Waals surface area contributed by atoms with E-state index in [4.69, 9.17) is 23.2 Å². The molecule has 0 saturated carbocycles. The predicted octanol–water partition coefficient (Wildman–Crippen LogP) is 4.43. The van der Waals surface area contributed by atoms with Gasteiger partial charge in [0.2, 0.25) is 5.82 Å². The van der Waals surface area contributed by atoms with Gasteiger partial charge >= 0.3 is 5.69 Å². The van der Waals surface area contributed by atoms with Crippen molar-refractivity contribution in [3.05, 3.63) is 67.7 Å². The number of carbonyl (C=O) groups excluding carboxylic acids is 1. The highest BCUT2D eigenvalue weighted by Crippen LogP contribution is 2.26. The van der Waals surface area contributed by atoms with Crippen LogP contribution in [0.1, 0.15) is 10.4 Å². The lowest BCUT2D eigenvalue weighted by Crippen LogP contribution is -2.16. The van der Waals surface area contributed by atoms with Crippen molar-refractivity contribution in [2.45, 2.75) is 0 Å². The van der Waals surface area contributed by atoms with Gasteiger partial charge in [-0.3, -0.25) is 14.9 Å². The molecule has 0 bridgehead atoms. The van der Waals surface area contributed by atoms with Crippen LogP contribution in [0, 0.1) is 21.7 Å². The van der Waals surface area contributed by atoms with Crippen LogP contribution in [0.15, 0.2) is 30.3 Å². The molecule has 5 nitrogen and oxygen atoms in total. The third-order valence-electron chi connectivity index (χ3n) is 2.61. The summed E-state index contributed by atoms with van der Waals surface area (Å²) in [7, 11) is 0. The minimum atomic E-state index is -1.56. The van der Waals surface area contributed by atoms with Crippen LogP contribution >= 0.6 is 23.2 Å². The molecule has 2 aromatic rings. The Morgan fingerprint density at radius 2 is 1.73 bits per heavy atom. The molecule has 9 heteroatoms. The number of anilines is 1. The number of halogens is 4. The number of rotatable bonds is 3. The molecule has 0 saturated heterocycles. The van der Waals surface area contributed by atoms with Crippen LogP contribution in [0.3, 0.4) is 0 Å². The largest absolute Gasteiger partial charge is 0.322 e. The van der Waals surface area contributed by atoms with E-state index >= 15 is 0 Å². The minimum Gasteiger partial charge on any atom is -0.322 e. The molecule has 1 amide bonds. The molecule has 0 aliphatic rings. The van der Waals surface area contributed by atoms with Crippen LogP contribution in [-0.4, -0.2) is 10.8 Å². The van der Waals surface area contributed by atoms with E-state index in [-0.39, 0.29) is 15.7 Å². The molecule has 22 heavy (non-hydrogen) atoms. The smallest absolute Gasteiger partial charge is 0.305 e. The van der Waals surface area contributed by atoms with Crippen molar-refractivity contribution < 1.29 is 18.5 Å². The molecule has 2 rings (SSSR count). The zero-order valence-electron chi connectivity index (χ0n) is 10.6. The van der Waals surface area contributed by atoms with Crippen LogP contribution in [0.5, 0.6) is 0 Å². The van der Waals surface area contributed by atoms with E-state index in [0.717, 1.165) is 0 Å². The Bertz CT molecular complexity index is 764. The van der Waals surface area contributed by atoms with Crippen molar-refractivity contribution in [1.29, 1.82) is 0 Å². The van der Waals surface area contributed by atoms with Gasteiger partial charge < -0.3 is 5.32 Å². The standard InChI is InChI=1S/C13H6Cl2F2N2O3/c14-6-3-7(15)5-8(4-6)18-13(20)11-9(16)1-2-10(12(11)17)19(21)22/h1-5H,(H,18,20). The second kappa shape index (κ2) is 6.25. The van der Waals surface area contributed by atoms with Gasteiger partial charge in [-0.25, -0.2) is 4.39 Å². The monoisotopic (exact) mass is 346 g/mol. The van der Waals surface area contributed by atoms with Crippen LogP contribution < -0.4 is 5.32 Å². The van der Waals surface area contributed by atoms with Crippen LogP contribution in [0.25, 0.3) is 0 Å². The van der Waals surface area contributed by atoms with Crippen molar-refractivity contribution in [2.75, 3.05) is 5.32 Å². The summed E-state index contributed by atoms with van der Waals surface area (Å²) in [6.07, 6.45) is 0. The number of hydrogen-bond acceptors (Lipinski definition) is 3. The molecular formula is C13H6Cl2F2N2O3. The summed E-state index contributed by atoms with van der Waals surface area (Å²) in [5.41, 5.74) is -1.98. The summed E-state index contributed by atoms with van der Waals surface area (Å²) in [5, 5.41) is 13.2. The Morgan fingerprint density at radius 3 is 2.27 bits per heavy atom. The van der Waals surface area contributed by atoms with E-state index in [1.165, 1.54) is 18.2 Å². The molecule has 0 radical (unpaired) electrons. The van der Waals surface area contributed by atoms with Crippen molar-refractivity contribution in [3.63, 3.8) is 0 Å². The molecular weight excluding hydrogens is 341 g/mol. The van der Waals surface area contributed by atoms with Crippen LogP contribution in [0.4, 0.5) is 20.2 Å². The molecule has 114 valence electrons. The average molecular weight is 347 g/mol. The zero-order chi connectivity index (χ0) is 16.4. The second-order valence-electron chi connectivity index (χ2n) is 4.12. The first-order chi connectivity index (χ1) is 10.3. The van der Waals surface area contributed by atoms with Gasteiger partial charge in [-0.15, -0.1) is 0 Å². The first-order valence-corrected chi connectivity index (χ1v) is 6.45. The Hall–Kier alpha value is -2.25. The SMILES string of the molecule is O=C(Nc1cc(Cl)cc(Cl)c1)c1c(F)ccc([N+](=O)[O-])c1F. The van der Waals surface area contributed by atoms with Gasteiger partial charge in [0.05, 0.1) is 4.92 Å². The minimum absolute atomic E-state index is 0.0906. The molecule has 0 heterocycles. The van der Waals surface area contributed by atoms with Gasteiger partial charge in [-0.2, -0.15) is 4.39 Å². The Labute approximate surface area is 132 Å². The van der Waals surface area contributed by atoms with Gasteiger partial charge in [0.25, 0.3) is 5.91 Å². The lowest BCUT2D eigenvalue weighted by atomic mass is 10.1. The number of amides is 1. The quantitative estimate of drug-likeness (QED) is 0.659. The first-order valence-electron chi connectivity index (χ1n) is 5.69. The molecule has 0 spiro atoms. The highest BCUT2D eigenvalue weighted by atomic mass is 35.5. The summed E-state index contributed by atoms with van der Waals surface area (Å²) < 4.78 is 27.5. The summed E-state index contributed by atoms with van der Waals surface area (Å²) >= 11 is 11.5. The zero-order valence-corrected chi connectivity index (χ0v) is 12.1. The van der Waals surface area contributed by atoms with E-state index < -0.39 is 33.7 Å². The average Bonchev–Trinajstić information content (AvgIpc) is 2.36. The van der Waals surface area contributed by atoms with Gasteiger partial charge in [-0.05, 0) is 24.3 Å². The van der Waals surface area contributed by atoms with E-state index in [9.17, 15) is 23.7 Å². The maximum absolute atomic E-state index is 13.9. The molecule has 0 unspecified atom stereocenters. The molecule has 1 N–H and O–H groups in total. The number of nitro groups is 1. The number of benzene rings is 2. The van der Waals surface area contributed by atoms with Gasteiger partial charge in [0.1, 0.15) is 11.4 Å². The molecule has 0 aromatic heterocycles. The van der Waals surface area contributed by atoms with Gasteiger partial charge in [0, 0.05) is 21.8 Å². The maximum atomic E-state index is 13.9. The van der Waals surface area contributed by atoms with E-state index in [1.807, 2.05) is 0 Å². The highest BCUT2D eigenvalue weighted by Gasteiger charge is 2.26. The lowest BCUT2D eigenvalue weighted by molar-refractivity contribution is -0.387. The van der Waals surface area contributed by atoms with Crippen LogP contribution in [0.2, 0.25) is 10.0 Å². The number of nitrogens with zero attached hydrogens (tertiary/aromatic N) is 1. The van der Waals surface area contributed by atoms with Crippen molar-refractivity contribution in [1.82, 2.24) is 0 Å². The number of hydrogen-bond donors (Lipinski definition) is 1. The number of nitro benzene ring substituents is 1.